The van der Waals surface area contributed by atoms with E-state index in [0.29, 0.717) is 6.04 Å². The summed E-state index contributed by atoms with van der Waals surface area (Å²) in [6.45, 7) is 5.49. The summed E-state index contributed by atoms with van der Waals surface area (Å²) in [5.74, 6) is 0. The van der Waals surface area contributed by atoms with Crippen LogP contribution in [-0.4, -0.2) is 27.6 Å². The predicted octanol–water partition coefficient (Wildman–Crippen LogP) is 2.59. The third kappa shape index (κ3) is 4.17. The number of nitrogens with one attached hydrogen (secondary N) is 1. The van der Waals surface area contributed by atoms with E-state index in [1.165, 1.54) is 6.42 Å². The van der Waals surface area contributed by atoms with Gasteiger partial charge in [0.15, 0.2) is 0 Å². The molecule has 4 nitrogen and oxygen atoms in total. The zero-order chi connectivity index (χ0) is 13.5. The maximum absolute atomic E-state index is 4.51. The molecule has 1 unspecified atom stereocenters. The summed E-state index contributed by atoms with van der Waals surface area (Å²) in [4.78, 5) is 1.69. The molecule has 0 aliphatic carbocycles. The number of aryl methyl sites for hydroxylation is 1. The van der Waals surface area contributed by atoms with E-state index < -0.39 is 0 Å². The first-order valence-electron chi connectivity index (χ1n) is 6.99. The van der Waals surface area contributed by atoms with Gasteiger partial charge in [0.1, 0.15) is 0 Å². The van der Waals surface area contributed by atoms with E-state index in [1.807, 2.05) is 36.5 Å². The number of hydrogen-bond acceptors (Lipinski definition) is 3. The summed E-state index contributed by atoms with van der Waals surface area (Å²) in [5.41, 5.74) is 2.06. The second-order valence-electron chi connectivity index (χ2n) is 4.85. The molecule has 0 spiro atoms. The van der Waals surface area contributed by atoms with Gasteiger partial charge in [0.25, 0.3) is 0 Å². The van der Waals surface area contributed by atoms with Gasteiger partial charge in [-0.3, -0.25) is 0 Å². The van der Waals surface area contributed by atoms with E-state index in [0.717, 1.165) is 30.8 Å². The number of benzene rings is 1. The van der Waals surface area contributed by atoms with Gasteiger partial charge in [-0.15, -0.1) is 0 Å². The van der Waals surface area contributed by atoms with Crippen molar-refractivity contribution in [3.8, 4) is 5.69 Å². The van der Waals surface area contributed by atoms with Crippen LogP contribution in [0.25, 0.3) is 5.69 Å². The normalized spacial score (nSPS) is 12.5. The molecular weight excluding hydrogens is 236 g/mol. The summed E-state index contributed by atoms with van der Waals surface area (Å²) < 4.78 is 0. The lowest BCUT2D eigenvalue weighted by Gasteiger charge is -2.11. The van der Waals surface area contributed by atoms with E-state index in [4.69, 9.17) is 0 Å². The third-order valence-corrected chi connectivity index (χ3v) is 3.10. The van der Waals surface area contributed by atoms with Crippen molar-refractivity contribution in [3.05, 3.63) is 42.2 Å². The Labute approximate surface area is 114 Å². The molecule has 0 saturated carbocycles. The number of nitrogens with zero attached hydrogens (tertiary/aromatic N) is 3. The monoisotopic (exact) mass is 258 g/mol. The first kappa shape index (κ1) is 13.7. The standard InChI is InChI=1S/C15H22N4/c1-3-11-16-13(2)9-10-14-12-17-19(18-14)15-7-5-4-6-8-15/h4-8,12-13,16H,3,9-11H2,1-2H3. The fourth-order valence-corrected chi connectivity index (χ4v) is 1.95. The van der Waals surface area contributed by atoms with Gasteiger partial charge < -0.3 is 5.32 Å². The Morgan fingerprint density at radius 3 is 2.79 bits per heavy atom. The number of rotatable bonds is 7. The van der Waals surface area contributed by atoms with Crippen molar-refractivity contribution < 1.29 is 0 Å². The lowest BCUT2D eigenvalue weighted by molar-refractivity contribution is 0.510. The van der Waals surface area contributed by atoms with Crippen LogP contribution in [0.2, 0.25) is 0 Å². The smallest absolute Gasteiger partial charge is 0.0856 e. The van der Waals surface area contributed by atoms with Gasteiger partial charge in [0.05, 0.1) is 17.6 Å². The predicted molar refractivity (Wildman–Crippen MR) is 77.4 cm³/mol. The van der Waals surface area contributed by atoms with Crippen LogP contribution in [0.5, 0.6) is 0 Å². The summed E-state index contributed by atoms with van der Waals surface area (Å²) in [7, 11) is 0. The van der Waals surface area contributed by atoms with Crippen LogP contribution in [0.15, 0.2) is 36.5 Å². The van der Waals surface area contributed by atoms with Crippen LogP contribution in [0, 0.1) is 0 Å². The van der Waals surface area contributed by atoms with Crippen molar-refractivity contribution in [2.75, 3.05) is 6.54 Å². The van der Waals surface area contributed by atoms with Crippen molar-refractivity contribution in [1.29, 1.82) is 0 Å². The highest BCUT2D eigenvalue weighted by Gasteiger charge is 2.05. The molecule has 2 rings (SSSR count). The van der Waals surface area contributed by atoms with Crippen LogP contribution in [0.3, 0.4) is 0 Å². The van der Waals surface area contributed by atoms with Crippen LogP contribution >= 0.6 is 0 Å². The van der Waals surface area contributed by atoms with Gasteiger partial charge in [-0.2, -0.15) is 15.0 Å². The molecule has 19 heavy (non-hydrogen) atoms. The van der Waals surface area contributed by atoms with Gasteiger partial charge >= 0.3 is 0 Å². The minimum Gasteiger partial charge on any atom is -0.314 e. The van der Waals surface area contributed by atoms with Crippen LogP contribution in [-0.2, 0) is 6.42 Å². The van der Waals surface area contributed by atoms with Gasteiger partial charge in [0.2, 0.25) is 0 Å². The Morgan fingerprint density at radius 1 is 1.26 bits per heavy atom. The van der Waals surface area contributed by atoms with Gasteiger partial charge in [0, 0.05) is 6.04 Å². The van der Waals surface area contributed by atoms with E-state index in [9.17, 15) is 0 Å². The highest BCUT2D eigenvalue weighted by molar-refractivity contribution is 5.28. The van der Waals surface area contributed by atoms with Crippen molar-refractivity contribution in [1.82, 2.24) is 20.3 Å². The molecule has 0 saturated heterocycles. The highest BCUT2D eigenvalue weighted by Crippen LogP contribution is 2.06. The first-order chi connectivity index (χ1) is 9.29. The Balaban J connectivity index is 1.88. The molecule has 0 aliphatic rings. The molecule has 0 radical (unpaired) electrons. The molecular formula is C15H22N4. The topological polar surface area (TPSA) is 42.7 Å². The lowest BCUT2D eigenvalue weighted by atomic mass is 10.1. The van der Waals surface area contributed by atoms with E-state index >= 15 is 0 Å². The van der Waals surface area contributed by atoms with Crippen LogP contribution in [0.1, 0.15) is 32.4 Å². The average molecular weight is 258 g/mol. The first-order valence-corrected chi connectivity index (χ1v) is 6.99. The largest absolute Gasteiger partial charge is 0.314 e. The number of aromatic nitrogens is 3. The van der Waals surface area contributed by atoms with E-state index in [-0.39, 0.29) is 0 Å². The summed E-state index contributed by atoms with van der Waals surface area (Å²) in [6, 6.07) is 10.5. The number of para-hydroxylation sites is 1. The highest BCUT2D eigenvalue weighted by atomic mass is 15.5. The zero-order valence-electron chi connectivity index (χ0n) is 11.7. The molecule has 1 aromatic heterocycles. The second kappa shape index (κ2) is 7.04. The SMILES string of the molecule is CCCNC(C)CCc1cnn(-c2ccccc2)n1. The van der Waals surface area contributed by atoms with Crippen molar-refractivity contribution in [2.45, 2.75) is 39.2 Å². The molecule has 0 aliphatic heterocycles. The maximum Gasteiger partial charge on any atom is 0.0856 e. The van der Waals surface area contributed by atoms with E-state index in [2.05, 4.69) is 29.4 Å². The molecule has 1 atom stereocenters. The molecule has 0 bridgehead atoms. The number of hydrogen-bond donors (Lipinski definition) is 1. The quantitative estimate of drug-likeness (QED) is 0.830. The molecule has 2 aromatic rings. The molecule has 1 N–H and O–H groups in total. The molecule has 4 heteroatoms. The van der Waals surface area contributed by atoms with E-state index in [1.54, 1.807) is 4.80 Å². The van der Waals surface area contributed by atoms with Crippen molar-refractivity contribution in [3.63, 3.8) is 0 Å². The van der Waals surface area contributed by atoms with Crippen LogP contribution in [0.4, 0.5) is 0 Å². The molecule has 0 amide bonds. The van der Waals surface area contributed by atoms with Crippen molar-refractivity contribution >= 4 is 0 Å². The summed E-state index contributed by atoms with van der Waals surface area (Å²) in [6.07, 6.45) is 5.09. The Kier molecular flexibility index (Phi) is 5.10. The fraction of sp³-hybridized carbons (Fsp3) is 0.467. The Bertz CT molecular complexity index is 478. The van der Waals surface area contributed by atoms with Crippen LogP contribution < -0.4 is 5.32 Å². The molecule has 102 valence electrons. The minimum absolute atomic E-state index is 0.529. The lowest BCUT2D eigenvalue weighted by Crippen LogP contribution is -2.27. The minimum atomic E-state index is 0.529. The van der Waals surface area contributed by atoms with Gasteiger partial charge in [-0.1, -0.05) is 25.1 Å². The average Bonchev–Trinajstić information content (AvgIpc) is 2.93. The molecule has 1 heterocycles. The van der Waals surface area contributed by atoms with Gasteiger partial charge in [-0.05, 0) is 44.9 Å². The summed E-state index contributed by atoms with van der Waals surface area (Å²) >= 11 is 0. The Morgan fingerprint density at radius 2 is 2.05 bits per heavy atom. The second-order valence-corrected chi connectivity index (χ2v) is 4.85. The fourth-order valence-electron chi connectivity index (χ4n) is 1.95. The zero-order valence-corrected chi connectivity index (χ0v) is 11.7. The summed E-state index contributed by atoms with van der Waals surface area (Å²) in [5, 5.41) is 12.3. The molecule has 0 fully saturated rings. The van der Waals surface area contributed by atoms with Crippen molar-refractivity contribution in [2.24, 2.45) is 0 Å². The van der Waals surface area contributed by atoms with Gasteiger partial charge in [-0.25, -0.2) is 0 Å². The third-order valence-electron chi connectivity index (χ3n) is 3.10. The molecule has 1 aromatic carbocycles. The maximum atomic E-state index is 4.51. The Hall–Kier alpha value is -1.68.